The molecular formula is C19H28F3IN4O. The van der Waals surface area contributed by atoms with E-state index in [1.165, 1.54) is 12.1 Å². The van der Waals surface area contributed by atoms with Crippen LogP contribution in [-0.4, -0.2) is 38.5 Å². The van der Waals surface area contributed by atoms with Crippen molar-refractivity contribution < 1.29 is 18.0 Å². The van der Waals surface area contributed by atoms with Gasteiger partial charge in [-0.3, -0.25) is 9.79 Å². The number of carbonyl (C=O) groups is 1. The van der Waals surface area contributed by atoms with Crippen molar-refractivity contribution in [3.8, 4) is 0 Å². The number of rotatable bonds is 8. The van der Waals surface area contributed by atoms with Crippen LogP contribution in [0.2, 0.25) is 0 Å². The monoisotopic (exact) mass is 512 g/mol. The zero-order chi connectivity index (χ0) is 19.9. The molecule has 0 radical (unpaired) electrons. The van der Waals surface area contributed by atoms with E-state index in [9.17, 15) is 18.0 Å². The molecule has 158 valence electrons. The van der Waals surface area contributed by atoms with Crippen LogP contribution < -0.4 is 16.0 Å². The molecule has 1 saturated carbocycles. The van der Waals surface area contributed by atoms with E-state index in [0.29, 0.717) is 37.6 Å². The average Bonchev–Trinajstić information content (AvgIpc) is 3.48. The van der Waals surface area contributed by atoms with Crippen LogP contribution >= 0.6 is 24.0 Å². The summed E-state index contributed by atoms with van der Waals surface area (Å²) in [6.45, 7) is 3.56. The molecule has 0 heterocycles. The van der Waals surface area contributed by atoms with Crippen LogP contribution in [0, 0.1) is 5.92 Å². The summed E-state index contributed by atoms with van der Waals surface area (Å²) in [7, 11) is 1.65. The second kappa shape index (κ2) is 11.5. The molecule has 3 N–H and O–H groups in total. The zero-order valence-electron chi connectivity index (χ0n) is 16.1. The number of nitrogens with one attached hydrogen (secondary N) is 3. The van der Waals surface area contributed by atoms with Crippen LogP contribution in [0.15, 0.2) is 29.3 Å². The minimum atomic E-state index is -4.32. The predicted octanol–water partition coefficient (Wildman–Crippen LogP) is 3.51. The van der Waals surface area contributed by atoms with E-state index in [4.69, 9.17) is 0 Å². The fraction of sp³-hybridized carbons (Fsp3) is 0.579. The SMILES string of the molecule is CN=C(NCCNC(=O)C1CC1)NCCC(C)c1cccc(C(F)(F)F)c1.I. The highest BCUT2D eigenvalue weighted by Crippen LogP contribution is 2.31. The Kier molecular flexibility index (Phi) is 10.0. The number of alkyl halides is 3. The van der Waals surface area contributed by atoms with Crippen LogP contribution in [0.4, 0.5) is 13.2 Å². The van der Waals surface area contributed by atoms with Crippen molar-refractivity contribution >= 4 is 35.8 Å². The Morgan fingerprint density at radius 1 is 1.18 bits per heavy atom. The summed E-state index contributed by atoms with van der Waals surface area (Å²) < 4.78 is 38.5. The molecule has 0 aromatic heterocycles. The maximum atomic E-state index is 12.8. The van der Waals surface area contributed by atoms with Gasteiger partial charge in [0.2, 0.25) is 5.91 Å². The van der Waals surface area contributed by atoms with Crippen LogP contribution in [0.5, 0.6) is 0 Å². The molecule has 0 spiro atoms. The Labute approximate surface area is 181 Å². The van der Waals surface area contributed by atoms with Crippen molar-refractivity contribution in [1.29, 1.82) is 0 Å². The number of amides is 1. The molecule has 2 rings (SSSR count). The summed E-state index contributed by atoms with van der Waals surface area (Å²) in [4.78, 5) is 15.6. The first kappa shape index (κ1) is 24.5. The third kappa shape index (κ3) is 8.24. The summed E-state index contributed by atoms with van der Waals surface area (Å²) >= 11 is 0. The Morgan fingerprint density at radius 3 is 2.43 bits per heavy atom. The van der Waals surface area contributed by atoms with E-state index in [-0.39, 0.29) is 41.7 Å². The number of aliphatic imine (C=N–C) groups is 1. The summed E-state index contributed by atoms with van der Waals surface area (Å²) in [6, 6.07) is 5.45. The molecule has 0 aliphatic heterocycles. The first-order chi connectivity index (χ1) is 12.8. The quantitative estimate of drug-likeness (QED) is 0.216. The third-order valence-electron chi connectivity index (χ3n) is 4.54. The fourth-order valence-electron chi connectivity index (χ4n) is 2.67. The second-order valence-corrected chi connectivity index (χ2v) is 6.80. The molecular weight excluding hydrogens is 484 g/mol. The minimum absolute atomic E-state index is 0. The van der Waals surface area contributed by atoms with E-state index in [1.54, 1.807) is 13.1 Å². The van der Waals surface area contributed by atoms with E-state index in [1.807, 2.05) is 6.92 Å². The molecule has 0 saturated heterocycles. The van der Waals surface area contributed by atoms with Gasteiger partial charge in [0.15, 0.2) is 5.96 Å². The van der Waals surface area contributed by atoms with Gasteiger partial charge < -0.3 is 16.0 Å². The number of carbonyl (C=O) groups excluding carboxylic acids is 1. The summed E-state index contributed by atoms with van der Waals surface area (Å²) in [6.07, 6.45) is -1.70. The van der Waals surface area contributed by atoms with Crippen molar-refractivity contribution in [2.75, 3.05) is 26.7 Å². The maximum absolute atomic E-state index is 12.8. The third-order valence-corrected chi connectivity index (χ3v) is 4.54. The standard InChI is InChI=1S/C19H27F3N4O.HI/c1-13(15-4-3-5-16(12-15)19(20,21)22)8-9-25-18(23-2)26-11-10-24-17(27)14-6-7-14;/h3-5,12-14H,6-11H2,1-2H3,(H,24,27)(H2,23,25,26);1H. The zero-order valence-corrected chi connectivity index (χ0v) is 18.4. The van der Waals surface area contributed by atoms with E-state index < -0.39 is 11.7 Å². The summed E-state index contributed by atoms with van der Waals surface area (Å²) in [5.41, 5.74) is 0.0443. The summed E-state index contributed by atoms with van der Waals surface area (Å²) in [5, 5.41) is 9.11. The maximum Gasteiger partial charge on any atom is 0.416 e. The number of nitrogens with zero attached hydrogens (tertiary/aromatic N) is 1. The van der Waals surface area contributed by atoms with E-state index >= 15 is 0 Å². The lowest BCUT2D eigenvalue weighted by molar-refractivity contribution is -0.137. The van der Waals surface area contributed by atoms with Gasteiger partial charge in [-0.1, -0.05) is 25.1 Å². The van der Waals surface area contributed by atoms with Gasteiger partial charge in [-0.15, -0.1) is 24.0 Å². The summed E-state index contributed by atoms with van der Waals surface area (Å²) in [5.74, 6) is 0.886. The van der Waals surface area contributed by atoms with Crippen molar-refractivity contribution in [3.63, 3.8) is 0 Å². The van der Waals surface area contributed by atoms with Crippen LogP contribution in [0.1, 0.15) is 43.2 Å². The lowest BCUT2D eigenvalue weighted by atomic mass is 9.96. The minimum Gasteiger partial charge on any atom is -0.356 e. The Morgan fingerprint density at radius 2 is 1.82 bits per heavy atom. The number of halogens is 4. The second-order valence-electron chi connectivity index (χ2n) is 6.80. The van der Waals surface area contributed by atoms with Gasteiger partial charge in [0.1, 0.15) is 0 Å². The molecule has 9 heteroatoms. The fourth-order valence-corrected chi connectivity index (χ4v) is 2.67. The molecule has 1 unspecified atom stereocenters. The van der Waals surface area contributed by atoms with Gasteiger partial charge in [-0.2, -0.15) is 13.2 Å². The molecule has 1 aromatic rings. The molecule has 1 aliphatic carbocycles. The van der Waals surface area contributed by atoms with Crippen LogP contribution in [-0.2, 0) is 11.0 Å². The normalized spacial score (nSPS) is 15.4. The average molecular weight is 512 g/mol. The Bertz CT molecular complexity index is 663. The lowest BCUT2D eigenvalue weighted by Gasteiger charge is -2.16. The van der Waals surface area contributed by atoms with Gasteiger partial charge in [0.25, 0.3) is 0 Å². The predicted molar refractivity (Wildman–Crippen MR) is 115 cm³/mol. The number of hydrogen-bond acceptors (Lipinski definition) is 2. The van der Waals surface area contributed by atoms with Gasteiger partial charge >= 0.3 is 6.18 Å². The highest BCUT2D eigenvalue weighted by Gasteiger charge is 2.30. The van der Waals surface area contributed by atoms with Gasteiger partial charge in [-0.25, -0.2) is 0 Å². The van der Waals surface area contributed by atoms with Crippen molar-refractivity contribution in [2.45, 2.75) is 38.3 Å². The molecule has 1 aliphatic rings. The molecule has 0 bridgehead atoms. The van der Waals surface area contributed by atoms with E-state index in [0.717, 1.165) is 18.9 Å². The highest BCUT2D eigenvalue weighted by atomic mass is 127. The van der Waals surface area contributed by atoms with Gasteiger partial charge in [0, 0.05) is 32.6 Å². The Hall–Kier alpha value is -1.52. The first-order valence-electron chi connectivity index (χ1n) is 9.20. The molecule has 28 heavy (non-hydrogen) atoms. The van der Waals surface area contributed by atoms with Crippen molar-refractivity contribution in [1.82, 2.24) is 16.0 Å². The van der Waals surface area contributed by atoms with Gasteiger partial charge in [-0.05, 0) is 36.8 Å². The van der Waals surface area contributed by atoms with Crippen LogP contribution in [0.3, 0.4) is 0 Å². The van der Waals surface area contributed by atoms with Crippen molar-refractivity contribution in [3.05, 3.63) is 35.4 Å². The highest BCUT2D eigenvalue weighted by molar-refractivity contribution is 14.0. The topological polar surface area (TPSA) is 65.5 Å². The van der Waals surface area contributed by atoms with Crippen LogP contribution in [0.25, 0.3) is 0 Å². The first-order valence-corrected chi connectivity index (χ1v) is 9.20. The molecule has 1 atom stereocenters. The number of hydrogen-bond donors (Lipinski definition) is 3. The van der Waals surface area contributed by atoms with E-state index in [2.05, 4.69) is 20.9 Å². The van der Waals surface area contributed by atoms with Crippen molar-refractivity contribution in [2.24, 2.45) is 10.9 Å². The van der Waals surface area contributed by atoms with Gasteiger partial charge in [0.05, 0.1) is 5.56 Å². The molecule has 1 aromatic carbocycles. The molecule has 5 nitrogen and oxygen atoms in total. The number of guanidine groups is 1. The molecule has 1 fully saturated rings. The Balaban J connectivity index is 0.00000392. The number of benzene rings is 1. The largest absolute Gasteiger partial charge is 0.416 e. The smallest absolute Gasteiger partial charge is 0.356 e. The molecule has 1 amide bonds. The lowest BCUT2D eigenvalue weighted by Crippen LogP contribution is -2.42.